The highest BCUT2D eigenvalue weighted by Crippen LogP contribution is 2.62. The summed E-state index contributed by atoms with van der Waals surface area (Å²) < 4.78 is 23.6. The van der Waals surface area contributed by atoms with E-state index in [0.717, 1.165) is 70.4 Å². The van der Waals surface area contributed by atoms with Crippen LogP contribution in [0.15, 0.2) is 386 Å². The van der Waals surface area contributed by atoms with Gasteiger partial charge in [0.05, 0.1) is 37.3 Å². The summed E-state index contributed by atoms with van der Waals surface area (Å²) in [7, 11) is 0. The van der Waals surface area contributed by atoms with Gasteiger partial charge in [0.1, 0.15) is 42.8 Å². The van der Waals surface area contributed by atoms with Crippen LogP contribution in [0.1, 0.15) is 59.6 Å². The molecule has 3 N–H and O–H groups in total. The van der Waals surface area contributed by atoms with Crippen molar-refractivity contribution in [2.24, 2.45) is 11.8 Å². The van der Waals surface area contributed by atoms with Crippen LogP contribution in [-0.2, 0) is 20.3 Å². The van der Waals surface area contributed by atoms with Crippen LogP contribution in [-0.4, -0.2) is 61.6 Å². The Morgan fingerprint density at radius 3 is 1.04 bits per heavy atom. The fourth-order valence-electron chi connectivity index (χ4n) is 18.5. The average Bonchev–Trinajstić information content (AvgIpc) is 1.57. The molecule has 0 heterocycles. The molecule has 0 aliphatic heterocycles. The Labute approximate surface area is 665 Å². The maximum absolute atomic E-state index is 9.46. The number of ether oxygens (including phenoxy) is 4. The number of benzene rings is 14. The molecule has 2 atom stereocenters. The van der Waals surface area contributed by atoms with Crippen LogP contribution in [0.5, 0.6) is 11.5 Å². The second kappa shape index (κ2) is 30.7. The van der Waals surface area contributed by atoms with Crippen LogP contribution < -0.4 is 9.47 Å². The van der Waals surface area contributed by atoms with Crippen molar-refractivity contribution < 1.29 is 34.3 Å². The van der Waals surface area contributed by atoms with Gasteiger partial charge in [-0.3, -0.25) is 0 Å². The lowest BCUT2D eigenvalue weighted by Gasteiger charge is -2.38. The van der Waals surface area contributed by atoms with Gasteiger partial charge in [0.2, 0.25) is 0 Å². The van der Waals surface area contributed by atoms with E-state index in [-0.39, 0.29) is 51.5 Å². The van der Waals surface area contributed by atoms with E-state index in [1.54, 1.807) is 0 Å². The quantitative estimate of drug-likeness (QED) is 0.0699. The van der Waals surface area contributed by atoms with E-state index in [2.05, 4.69) is 341 Å². The highest BCUT2D eigenvalue weighted by Gasteiger charge is 2.50. The lowest BCUT2D eigenvalue weighted by atomic mass is 9.64. The lowest BCUT2D eigenvalue weighted by Crippen LogP contribution is -2.31. The van der Waals surface area contributed by atoms with Crippen molar-refractivity contribution in [1.29, 1.82) is 0 Å². The summed E-state index contributed by atoms with van der Waals surface area (Å²) in [5, 5.41) is 37.6. The van der Waals surface area contributed by atoms with Crippen LogP contribution in [0.2, 0.25) is 0 Å². The number of hydrogen-bond donors (Lipinski definition) is 3. The topological polar surface area (TPSA) is 97.6 Å². The van der Waals surface area contributed by atoms with Crippen molar-refractivity contribution in [2.45, 2.75) is 37.0 Å². The van der Waals surface area contributed by atoms with Gasteiger partial charge in [0.25, 0.3) is 0 Å². The first kappa shape index (κ1) is 71.4. The molecule has 14 aromatic rings. The Morgan fingerprint density at radius 1 is 0.298 bits per heavy atom. The summed E-state index contributed by atoms with van der Waals surface area (Å²) in [6.45, 7) is 3.61. The molecule has 2 unspecified atom stereocenters. The number of rotatable bonds is 20. The van der Waals surface area contributed by atoms with Crippen LogP contribution in [0.25, 0.3) is 110 Å². The Balaban J connectivity index is 0.000000154. The molecule has 0 radical (unpaired) electrons. The maximum Gasteiger partial charge on any atom is 0.120 e. The minimum Gasteiger partial charge on any atom is -0.494 e. The van der Waals surface area contributed by atoms with Crippen molar-refractivity contribution in [1.82, 2.24) is 0 Å². The third kappa shape index (κ3) is 13.0. The molecule has 0 amide bonds. The Kier molecular flexibility index (Phi) is 19.2. The predicted molar refractivity (Wildman–Crippen MR) is 466 cm³/mol. The van der Waals surface area contributed by atoms with Gasteiger partial charge < -0.3 is 34.3 Å². The first-order valence-corrected chi connectivity index (χ1v) is 40.0. The van der Waals surface area contributed by atoms with E-state index in [4.69, 9.17) is 18.9 Å². The van der Waals surface area contributed by atoms with Crippen LogP contribution in [0.4, 0.5) is 0 Å². The Bertz CT molecular complexity index is 6160. The van der Waals surface area contributed by atoms with Crippen molar-refractivity contribution in [3.8, 4) is 78.3 Å². The van der Waals surface area contributed by atoms with Gasteiger partial charge in [0, 0.05) is 11.8 Å². The molecule has 7 heteroatoms. The number of hydrogen-bond acceptors (Lipinski definition) is 7. The van der Waals surface area contributed by atoms with Crippen molar-refractivity contribution in [3.05, 3.63) is 419 Å². The van der Waals surface area contributed by atoms with Crippen molar-refractivity contribution >= 4 is 43.1 Å². The zero-order valence-corrected chi connectivity index (χ0v) is 63.7. The van der Waals surface area contributed by atoms with Crippen molar-refractivity contribution in [2.75, 3.05) is 46.2 Å². The minimum absolute atomic E-state index is 0.0113. The molecule has 114 heavy (non-hydrogen) atoms. The first-order valence-electron chi connectivity index (χ1n) is 40.0. The fraction of sp³-hybridized carbons (Fsp3) is 0.140. The van der Waals surface area contributed by atoms with Crippen molar-refractivity contribution in [3.63, 3.8) is 0 Å². The summed E-state index contributed by atoms with van der Waals surface area (Å²) in [5.74, 6) is 3.71. The molecule has 6 aliphatic carbocycles. The monoisotopic (exact) mass is 1480 g/mol. The van der Waals surface area contributed by atoms with Gasteiger partial charge in [-0.25, -0.2) is 0 Å². The summed E-state index contributed by atoms with van der Waals surface area (Å²) in [6.07, 6.45) is 25.6. The zero-order chi connectivity index (χ0) is 76.7. The summed E-state index contributed by atoms with van der Waals surface area (Å²) in [6, 6.07) is 107. The van der Waals surface area contributed by atoms with E-state index in [1.165, 1.54) is 144 Å². The molecule has 0 bridgehead atoms. The van der Waals surface area contributed by atoms with Crippen LogP contribution in [0, 0.1) is 11.8 Å². The molecule has 0 aromatic heterocycles. The number of aliphatic hydroxyl groups is 3. The second-order valence-corrected chi connectivity index (χ2v) is 30.5. The number of aliphatic hydroxyl groups excluding tert-OH is 3. The molecule has 7 nitrogen and oxygen atoms in total. The number of fused-ring (bicyclic) bond motifs is 12. The molecule has 20 rings (SSSR count). The van der Waals surface area contributed by atoms with Gasteiger partial charge in [0.15, 0.2) is 0 Å². The largest absolute Gasteiger partial charge is 0.494 e. The number of allylic oxidation sites excluding steroid dienone is 14. The smallest absolute Gasteiger partial charge is 0.120 e. The summed E-state index contributed by atoms with van der Waals surface area (Å²) in [4.78, 5) is 0. The van der Waals surface area contributed by atoms with E-state index < -0.39 is 10.8 Å². The highest BCUT2D eigenvalue weighted by molar-refractivity contribution is 5.97. The highest BCUT2D eigenvalue weighted by atomic mass is 16.5. The van der Waals surface area contributed by atoms with E-state index in [1.807, 2.05) is 18.2 Å². The molecular weight excluding hydrogens is 1400 g/mol. The van der Waals surface area contributed by atoms with E-state index in [9.17, 15) is 15.3 Å². The average molecular weight is 1480 g/mol. The molecule has 0 spiro atoms. The standard InChI is InChI=1S/C58H46O3.C49H40O4/c1-2-28-60-52-23-17-44-32-50(21-15-46(44)34-52)58(51-22-16-47-35-53(61-29-27-59)24-18-45(47)33-51)56-36-48(42-13-11-38-7-3-5-9-40(38)30-42)19-25-54(56)55-26-20-49(37-57(55)58)43-14-12-39-8-4-6-10-41(39)31-43;50-23-25-52-43-19-13-35-27-41(17-11-37(35)29-43)49(42-18-12-38-30-44(53-26-24-51)20-14-36(38)28-42)47-31-39(33-7-3-1-4-8-33)15-21-45(47)46-22-16-40(32-48(46)49)34-9-5-2-6-10-34/h3-14,16-26,30-37,46,59H,2,15,27-29H2,1H3;1-11,13-22,27-32,38,50-51H,12,23-26H2. The molecule has 14 aromatic carbocycles. The summed E-state index contributed by atoms with van der Waals surface area (Å²) >= 11 is 0. The zero-order valence-electron chi connectivity index (χ0n) is 63.7. The molecule has 0 saturated heterocycles. The van der Waals surface area contributed by atoms with E-state index >= 15 is 0 Å². The van der Waals surface area contributed by atoms with Gasteiger partial charge in [-0.1, -0.05) is 262 Å². The molecule has 6 aliphatic rings. The molecule has 556 valence electrons. The fourth-order valence-corrected chi connectivity index (χ4v) is 18.5. The SMILES string of the molecule is CCCOC1=CC2CC=C(C3(c4ccc5cc(OCCO)ccc5c4)c4cc(-c5ccc6ccccc6c5)ccc4-c4ccc(-c5ccc6ccccc6c5)cc43)C=C2C=C1.OCCOC1=CC2CC=C(C3(c4ccc5cc(OCCO)ccc5c4)c4cc(-c5ccccc5)ccc4-c4ccc(-c5ccccc5)cc43)C=C2C=C1. The van der Waals surface area contributed by atoms with Gasteiger partial charge >= 0.3 is 0 Å². The molecule has 0 fully saturated rings. The normalized spacial score (nSPS) is 16.3. The van der Waals surface area contributed by atoms with Gasteiger partial charge in [-0.2, -0.15) is 0 Å². The third-order valence-electron chi connectivity index (χ3n) is 23.9. The Morgan fingerprint density at radius 2 is 0.632 bits per heavy atom. The lowest BCUT2D eigenvalue weighted by molar-refractivity contribution is 0.150. The first-order chi connectivity index (χ1) is 56.2. The third-order valence-corrected chi connectivity index (χ3v) is 23.9. The van der Waals surface area contributed by atoms with Crippen LogP contribution in [0.3, 0.4) is 0 Å². The molecule has 0 saturated carbocycles. The van der Waals surface area contributed by atoms with Gasteiger partial charge in [-0.15, -0.1) is 0 Å². The molecular formula is C107H86O7. The maximum atomic E-state index is 9.46. The van der Waals surface area contributed by atoms with Crippen LogP contribution >= 0.6 is 0 Å². The predicted octanol–water partition coefficient (Wildman–Crippen LogP) is 24.1. The Hall–Kier alpha value is -12.9. The second-order valence-electron chi connectivity index (χ2n) is 30.5. The minimum atomic E-state index is -0.640. The van der Waals surface area contributed by atoms with Gasteiger partial charge in [-0.05, 0) is 282 Å². The summed E-state index contributed by atoms with van der Waals surface area (Å²) in [5.41, 5.74) is 25.9. The van der Waals surface area contributed by atoms with E-state index in [0.29, 0.717) is 0 Å².